The van der Waals surface area contributed by atoms with Gasteiger partial charge in [0.15, 0.2) is 35.4 Å². The SMILES string of the molecule is COc1cc(C=CC(=O)OCC2OC(CO)(OC3OC(CO)C(O)C(OC(=O)C=Cc4ccc(O)c(OC)c4)C3O)C(O)C2O)ccc1O. The Bertz CT molecular complexity index is 1510. The molecule has 268 valence electrons. The molecule has 0 amide bonds. The maximum absolute atomic E-state index is 12.6. The van der Waals surface area contributed by atoms with Crippen LogP contribution >= 0.6 is 0 Å². The van der Waals surface area contributed by atoms with Gasteiger partial charge < -0.3 is 74.0 Å². The first-order chi connectivity index (χ1) is 23.4. The van der Waals surface area contributed by atoms with E-state index in [0.29, 0.717) is 11.1 Å². The van der Waals surface area contributed by atoms with Crippen molar-refractivity contribution in [3.63, 3.8) is 0 Å². The number of benzene rings is 2. The Morgan fingerprint density at radius 3 is 1.92 bits per heavy atom. The molecule has 2 aliphatic heterocycles. The number of phenols is 2. The van der Waals surface area contributed by atoms with Crippen LogP contribution in [0.5, 0.6) is 23.0 Å². The minimum atomic E-state index is -2.48. The van der Waals surface area contributed by atoms with Crippen molar-refractivity contribution >= 4 is 24.1 Å². The van der Waals surface area contributed by atoms with Crippen molar-refractivity contribution in [2.75, 3.05) is 34.0 Å². The van der Waals surface area contributed by atoms with E-state index < -0.39 is 86.6 Å². The Hall–Kier alpha value is -4.30. The number of hydrogen-bond acceptors (Lipinski definition) is 17. The average Bonchev–Trinajstić information content (AvgIpc) is 3.34. The van der Waals surface area contributed by atoms with Crippen LogP contribution in [0.15, 0.2) is 48.6 Å². The fourth-order valence-electron chi connectivity index (χ4n) is 5.05. The van der Waals surface area contributed by atoms with E-state index in [1.165, 1.54) is 62.8 Å². The summed E-state index contributed by atoms with van der Waals surface area (Å²) >= 11 is 0. The fourth-order valence-corrected chi connectivity index (χ4v) is 5.05. The molecule has 2 aromatic carbocycles. The second-order valence-electron chi connectivity index (χ2n) is 10.9. The number of ether oxygens (including phenoxy) is 7. The molecule has 4 rings (SSSR count). The summed E-state index contributed by atoms with van der Waals surface area (Å²) in [6.07, 6.45) is -9.49. The van der Waals surface area contributed by atoms with E-state index in [-0.39, 0.29) is 23.0 Å². The van der Waals surface area contributed by atoms with Gasteiger partial charge in [0, 0.05) is 12.2 Å². The Kier molecular flexibility index (Phi) is 12.6. The molecule has 8 N–H and O–H groups in total. The highest BCUT2D eigenvalue weighted by Crippen LogP contribution is 2.37. The molecule has 0 bridgehead atoms. The molecule has 0 spiro atoms. The predicted molar refractivity (Wildman–Crippen MR) is 164 cm³/mol. The van der Waals surface area contributed by atoms with Crippen LogP contribution in [0.3, 0.4) is 0 Å². The second-order valence-corrected chi connectivity index (χ2v) is 10.9. The Morgan fingerprint density at radius 2 is 1.39 bits per heavy atom. The summed E-state index contributed by atoms with van der Waals surface area (Å²) in [7, 11) is 2.70. The van der Waals surface area contributed by atoms with E-state index in [9.17, 15) is 50.4 Å². The van der Waals surface area contributed by atoms with Crippen LogP contribution in [-0.4, -0.2) is 142 Å². The van der Waals surface area contributed by atoms with Crippen LogP contribution < -0.4 is 9.47 Å². The lowest BCUT2D eigenvalue weighted by Crippen LogP contribution is -2.63. The topological polar surface area (TPSA) is 261 Å². The number of aliphatic hydroxyl groups is 6. The van der Waals surface area contributed by atoms with Gasteiger partial charge >= 0.3 is 11.9 Å². The van der Waals surface area contributed by atoms with Crippen LogP contribution in [0, 0.1) is 0 Å². The molecule has 17 heteroatoms. The number of aliphatic hydroxyl groups excluding tert-OH is 6. The van der Waals surface area contributed by atoms with Crippen LogP contribution in [0.1, 0.15) is 11.1 Å². The summed E-state index contributed by atoms with van der Waals surface area (Å²) in [5.74, 6) is -4.32. The summed E-state index contributed by atoms with van der Waals surface area (Å²) in [5.41, 5.74) is 0.918. The molecule has 49 heavy (non-hydrogen) atoms. The standard InChI is InChI=1S/C32H38O17/c1-43-20-11-16(3-7-18(20)35)5-9-24(37)45-14-23-27(40)30(42)32(15-34,48-23)49-31-28(41)29(26(39)22(13-33)46-31)47-25(38)10-6-17-4-8-19(36)21(12-17)44-2/h3-12,22-23,26-31,33-36,39-42H,13-15H2,1-2H3. The van der Waals surface area contributed by atoms with Crippen molar-refractivity contribution in [2.24, 2.45) is 0 Å². The van der Waals surface area contributed by atoms with E-state index in [4.69, 9.17) is 33.2 Å². The van der Waals surface area contributed by atoms with Gasteiger partial charge in [-0.15, -0.1) is 0 Å². The van der Waals surface area contributed by atoms with Crippen molar-refractivity contribution in [1.29, 1.82) is 0 Å². The zero-order valence-corrected chi connectivity index (χ0v) is 26.3. The minimum absolute atomic E-state index is 0.103. The number of rotatable bonds is 13. The highest BCUT2D eigenvalue weighted by Gasteiger charge is 2.59. The molecule has 2 aromatic rings. The molecule has 9 unspecified atom stereocenters. The number of phenolic OH excluding ortho intramolecular Hbond substituents is 2. The maximum Gasteiger partial charge on any atom is 0.331 e. The third kappa shape index (κ3) is 8.66. The van der Waals surface area contributed by atoms with Crippen LogP contribution in [-0.2, 0) is 33.3 Å². The number of aromatic hydroxyl groups is 2. The number of esters is 2. The van der Waals surface area contributed by atoms with Crippen LogP contribution in [0.25, 0.3) is 12.2 Å². The highest BCUT2D eigenvalue weighted by atomic mass is 16.8. The molecule has 9 atom stereocenters. The molecule has 2 fully saturated rings. The highest BCUT2D eigenvalue weighted by molar-refractivity contribution is 5.88. The minimum Gasteiger partial charge on any atom is -0.504 e. The molecule has 0 radical (unpaired) electrons. The van der Waals surface area contributed by atoms with E-state index in [2.05, 4.69) is 0 Å². The Balaban J connectivity index is 1.41. The summed E-state index contributed by atoms with van der Waals surface area (Å²) < 4.78 is 37.0. The van der Waals surface area contributed by atoms with Gasteiger partial charge in [0.1, 0.15) is 49.8 Å². The quantitative estimate of drug-likeness (QED) is 0.0882. The number of hydrogen-bond donors (Lipinski definition) is 8. The summed E-state index contributed by atoms with van der Waals surface area (Å²) in [6, 6.07) is 8.57. The predicted octanol–water partition coefficient (Wildman–Crippen LogP) is -1.44. The van der Waals surface area contributed by atoms with E-state index in [1.807, 2.05) is 0 Å². The first kappa shape index (κ1) is 37.5. The number of carbonyl (C=O) groups is 2. The molecule has 17 nitrogen and oxygen atoms in total. The monoisotopic (exact) mass is 694 g/mol. The summed E-state index contributed by atoms with van der Waals surface area (Å²) in [5, 5.41) is 82.5. The van der Waals surface area contributed by atoms with Crippen molar-refractivity contribution in [3.8, 4) is 23.0 Å². The van der Waals surface area contributed by atoms with Gasteiger partial charge in [-0.2, -0.15) is 0 Å². The maximum atomic E-state index is 12.6. The molecular formula is C32H38O17. The Morgan fingerprint density at radius 1 is 0.816 bits per heavy atom. The zero-order valence-electron chi connectivity index (χ0n) is 26.3. The van der Waals surface area contributed by atoms with Crippen molar-refractivity contribution < 1.29 is 83.6 Å². The normalized spacial score (nSPS) is 30.0. The van der Waals surface area contributed by atoms with Crippen LogP contribution in [0.4, 0.5) is 0 Å². The second kappa shape index (κ2) is 16.4. The van der Waals surface area contributed by atoms with E-state index >= 15 is 0 Å². The third-order valence-corrected chi connectivity index (χ3v) is 7.74. The van der Waals surface area contributed by atoms with Gasteiger partial charge in [0.25, 0.3) is 0 Å². The summed E-state index contributed by atoms with van der Waals surface area (Å²) in [6.45, 7) is -2.59. The Labute approximate surface area is 279 Å². The first-order valence-corrected chi connectivity index (χ1v) is 14.8. The van der Waals surface area contributed by atoms with Gasteiger partial charge in [-0.1, -0.05) is 12.1 Å². The lowest BCUT2D eigenvalue weighted by Gasteiger charge is -2.44. The molecule has 2 heterocycles. The van der Waals surface area contributed by atoms with Gasteiger partial charge in [0.2, 0.25) is 5.79 Å². The average molecular weight is 695 g/mol. The largest absolute Gasteiger partial charge is 0.504 e. The summed E-state index contributed by atoms with van der Waals surface area (Å²) in [4.78, 5) is 25.0. The molecule has 2 aliphatic rings. The molecule has 0 aliphatic carbocycles. The van der Waals surface area contributed by atoms with Gasteiger partial charge in [-0.05, 0) is 47.5 Å². The molecule has 0 aromatic heterocycles. The van der Waals surface area contributed by atoms with E-state index in [0.717, 1.165) is 12.2 Å². The van der Waals surface area contributed by atoms with E-state index in [1.54, 1.807) is 0 Å². The molecule has 2 saturated heterocycles. The van der Waals surface area contributed by atoms with Crippen molar-refractivity contribution in [2.45, 2.75) is 54.8 Å². The van der Waals surface area contributed by atoms with Gasteiger partial charge in [0.05, 0.1) is 20.8 Å². The fraction of sp³-hybridized carbons (Fsp3) is 0.438. The smallest absolute Gasteiger partial charge is 0.331 e. The van der Waals surface area contributed by atoms with Crippen molar-refractivity contribution in [3.05, 3.63) is 59.7 Å². The third-order valence-electron chi connectivity index (χ3n) is 7.74. The lowest BCUT2D eigenvalue weighted by atomic mass is 9.98. The zero-order chi connectivity index (χ0) is 35.9. The number of carbonyl (C=O) groups excluding carboxylic acids is 2. The lowest BCUT2D eigenvalue weighted by molar-refractivity contribution is -0.383. The molecular weight excluding hydrogens is 656 g/mol. The number of methoxy groups -OCH3 is 2. The van der Waals surface area contributed by atoms with Crippen molar-refractivity contribution in [1.82, 2.24) is 0 Å². The first-order valence-electron chi connectivity index (χ1n) is 14.8. The van der Waals surface area contributed by atoms with Gasteiger partial charge in [-0.25, -0.2) is 9.59 Å². The van der Waals surface area contributed by atoms with Gasteiger partial charge in [-0.3, -0.25) is 0 Å². The molecule has 0 saturated carbocycles. The van der Waals surface area contributed by atoms with Crippen LogP contribution in [0.2, 0.25) is 0 Å².